The van der Waals surface area contributed by atoms with Gasteiger partial charge in [-0.3, -0.25) is 14.4 Å². The van der Waals surface area contributed by atoms with E-state index in [1.54, 1.807) is 6.07 Å². The molecule has 2 N–H and O–H groups in total. The smallest absolute Gasteiger partial charge is 0.306 e. The topological polar surface area (TPSA) is 88.3 Å². The highest BCUT2D eigenvalue weighted by Gasteiger charge is 2.19. The van der Waals surface area contributed by atoms with Gasteiger partial charge in [0.05, 0.1) is 13.5 Å². The van der Waals surface area contributed by atoms with E-state index < -0.39 is 5.91 Å². The molecule has 114 valence electrons. The van der Waals surface area contributed by atoms with E-state index in [2.05, 4.69) is 27.7 Å². The summed E-state index contributed by atoms with van der Waals surface area (Å²) in [6, 6.07) is 1.66. The van der Waals surface area contributed by atoms with Crippen LogP contribution in [-0.4, -0.2) is 35.8 Å². The second-order valence-electron chi connectivity index (χ2n) is 5.01. The molecule has 0 radical (unpaired) electrons. The molecule has 1 aromatic rings. The highest BCUT2D eigenvalue weighted by atomic mass is 32.1. The van der Waals surface area contributed by atoms with E-state index in [0.717, 1.165) is 30.5 Å². The molecule has 0 unspecified atom stereocenters. The fourth-order valence-electron chi connectivity index (χ4n) is 2.34. The number of aromatic nitrogens is 1. The Hall–Kier alpha value is -1.76. The van der Waals surface area contributed by atoms with Crippen molar-refractivity contribution in [3.63, 3.8) is 0 Å². The minimum atomic E-state index is -0.449. The minimum Gasteiger partial charge on any atom is -0.469 e. The normalized spacial score (nSPS) is 14.4. The van der Waals surface area contributed by atoms with Crippen molar-refractivity contribution in [2.24, 2.45) is 0 Å². The maximum Gasteiger partial charge on any atom is 0.306 e. The summed E-state index contributed by atoms with van der Waals surface area (Å²) in [4.78, 5) is 37.8. The predicted molar refractivity (Wildman–Crippen MR) is 80.8 cm³/mol. The van der Waals surface area contributed by atoms with Crippen LogP contribution >= 0.6 is 12.6 Å². The number of methoxy groups -OCH3 is 1. The molecule has 0 spiro atoms. The van der Waals surface area contributed by atoms with Gasteiger partial charge in [-0.2, -0.15) is 12.6 Å². The number of hydrogen-bond donors (Lipinski definition) is 3. The van der Waals surface area contributed by atoms with Crippen molar-refractivity contribution in [3.8, 4) is 0 Å². The number of fused-ring (bicyclic) bond motifs is 1. The van der Waals surface area contributed by atoms with Crippen LogP contribution < -0.4 is 10.9 Å². The van der Waals surface area contributed by atoms with Crippen LogP contribution in [0.5, 0.6) is 0 Å². The quantitative estimate of drug-likeness (QED) is 0.544. The third-order valence-corrected chi connectivity index (χ3v) is 3.83. The fraction of sp³-hybridized carbons (Fsp3) is 0.500. The van der Waals surface area contributed by atoms with Crippen molar-refractivity contribution in [2.45, 2.75) is 30.9 Å². The van der Waals surface area contributed by atoms with E-state index in [4.69, 9.17) is 0 Å². The molecule has 6 nitrogen and oxygen atoms in total. The van der Waals surface area contributed by atoms with Crippen LogP contribution in [0, 0.1) is 0 Å². The van der Waals surface area contributed by atoms with Crippen molar-refractivity contribution in [2.75, 3.05) is 13.7 Å². The second-order valence-corrected chi connectivity index (χ2v) is 5.74. The Balaban J connectivity index is 1.98. The van der Waals surface area contributed by atoms with Gasteiger partial charge >= 0.3 is 5.97 Å². The van der Waals surface area contributed by atoms with Crippen molar-refractivity contribution in [3.05, 3.63) is 33.2 Å². The zero-order valence-corrected chi connectivity index (χ0v) is 12.7. The Morgan fingerprint density at radius 2 is 2.24 bits per heavy atom. The summed E-state index contributed by atoms with van der Waals surface area (Å²) in [7, 11) is 1.30. The van der Waals surface area contributed by atoms with Crippen molar-refractivity contribution < 1.29 is 14.3 Å². The fourth-order valence-corrected chi connectivity index (χ4v) is 2.58. The number of amides is 1. The number of ether oxygens (including phenoxy) is 1. The number of carbonyl (C=O) groups is 2. The van der Waals surface area contributed by atoms with Gasteiger partial charge in [0.1, 0.15) is 5.56 Å². The largest absolute Gasteiger partial charge is 0.469 e. The van der Waals surface area contributed by atoms with Crippen LogP contribution in [0.1, 0.15) is 34.5 Å². The lowest BCUT2D eigenvalue weighted by Crippen LogP contribution is -2.34. The molecule has 0 saturated carbocycles. The summed E-state index contributed by atoms with van der Waals surface area (Å²) in [5.74, 6) is -0.838. The van der Waals surface area contributed by atoms with Crippen molar-refractivity contribution in [1.29, 1.82) is 0 Å². The van der Waals surface area contributed by atoms with Gasteiger partial charge in [-0.25, -0.2) is 0 Å². The maximum atomic E-state index is 12.0. The summed E-state index contributed by atoms with van der Waals surface area (Å²) in [6.45, 7) is 0.188. The number of H-pyrrole nitrogens is 1. The van der Waals surface area contributed by atoms with Gasteiger partial charge in [0.25, 0.3) is 11.5 Å². The first-order chi connectivity index (χ1) is 10.0. The van der Waals surface area contributed by atoms with Gasteiger partial charge in [0.2, 0.25) is 0 Å². The van der Waals surface area contributed by atoms with Crippen molar-refractivity contribution in [1.82, 2.24) is 10.3 Å². The van der Waals surface area contributed by atoms with Gasteiger partial charge in [-0.1, -0.05) is 0 Å². The number of carbonyl (C=O) groups excluding carboxylic acids is 2. The molecular weight excluding hydrogens is 292 g/mol. The molecule has 1 heterocycles. The zero-order chi connectivity index (χ0) is 15.4. The molecule has 0 bridgehead atoms. The van der Waals surface area contributed by atoms with E-state index in [0.29, 0.717) is 0 Å². The SMILES string of the molecule is COC(=O)C[C@H](S)CNC(=O)c1cc2c([nH]c1=O)CCC2. The highest BCUT2D eigenvalue weighted by Crippen LogP contribution is 2.18. The van der Waals surface area contributed by atoms with Crippen LogP contribution in [0.15, 0.2) is 10.9 Å². The van der Waals surface area contributed by atoms with E-state index in [1.807, 2.05) is 0 Å². The molecule has 1 aliphatic carbocycles. The third kappa shape index (κ3) is 3.87. The standard InChI is InChI=1S/C14H18N2O4S/c1-20-12(17)6-9(21)7-15-13(18)10-5-8-3-2-4-11(8)16-14(10)19/h5,9,21H,2-4,6-7H2,1H3,(H,15,18)(H,16,19)/t9-/m0/s1. The average molecular weight is 310 g/mol. The van der Waals surface area contributed by atoms with Crippen LogP contribution in [0.25, 0.3) is 0 Å². The Labute approximate surface area is 127 Å². The van der Waals surface area contributed by atoms with Gasteiger partial charge in [-0.05, 0) is 30.9 Å². The van der Waals surface area contributed by atoms with E-state index >= 15 is 0 Å². The van der Waals surface area contributed by atoms with E-state index in [9.17, 15) is 14.4 Å². The van der Waals surface area contributed by atoms with Crippen LogP contribution in [0.3, 0.4) is 0 Å². The second kappa shape index (κ2) is 6.80. The molecule has 1 atom stereocenters. The summed E-state index contributed by atoms with van der Waals surface area (Å²) in [5, 5.41) is 2.27. The lowest BCUT2D eigenvalue weighted by atomic mass is 10.1. The number of thiol groups is 1. The van der Waals surface area contributed by atoms with Crippen LogP contribution in [0.4, 0.5) is 0 Å². The first kappa shape index (κ1) is 15.6. The molecule has 0 saturated heterocycles. The predicted octanol–water partition coefficient (Wildman–Crippen LogP) is 0.455. The lowest BCUT2D eigenvalue weighted by Gasteiger charge is -2.11. The van der Waals surface area contributed by atoms with Crippen LogP contribution in [-0.2, 0) is 22.4 Å². The van der Waals surface area contributed by atoms with Gasteiger partial charge < -0.3 is 15.0 Å². The average Bonchev–Trinajstić information content (AvgIpc) is 2.90. The molecule has 1 aromatic heterocycles. The molecule has 1 aliphatic rings. The monoisotopic (exact) mass is 310 g/mol. The Morgan fingerprint density at radius 1 is 1.48 bits per heavy atom. The molecular formula is C14H18N2O4S. The summed E-state index contributed by atoms with van der Waals surface area (Å²) >= 11 is 4.20. The first-order valence-corrected chi connectivity index (χ1v) is 7.31. The van der Waals surface area contributed by atoms with E-state index in [1.165, 1.54) is 7.11 Å². The Kier molecular flexibility index (Phi) is 5.06. The number of aromatic amines is 1. The molecule has 2 rings (SSSR count). The van der Waals surface area contributed by atoms with Crippen LogP contribution in [0.2, 0.25) is 0 Å². The molecule has 0 aromatic carbocycles. The van der Waals surface area contributed by atoms with E-state index in [-0.39, 0.29) is 35.3 Å². The van der Waals surface area contributed by atoms with Crippen molar-refractivity contribution >= 4 is 24.5 Å². The van der Waals surface area contributed by atoms with Gasteiger partial charge in [0.15, 0.2) is 0 Å². The molecule has 0 fully saturated rings. The van der Waals surface area contributed by atoms with Gasteiger partial charge in [-0.15, -0.1) is 0 Å². The summed E-state index contributed by atoms with van der Waals surface area (Å²) < 4.78 is 4.53. The number of aryl methyl sites for hydroxylation is 2. The Bertz CT molecular complexity index is 611. The number of esters is 1. The highest BCUT2D eigenvalue weighted by molar-refractivity contribution is 7.81. The number of nitrogens with one attached hydrogen (secondary N) is 2. The number of pyridine rings is 1. The first-order valence-electron chi connectivity index (χ1n) is 6.79. The number of rotatable bonds is 5. The summed E-state index contributed by atoms with van der Waals surface area (Å²) in [5.41, 5.74) is 1.68. The lowest BCUT2D eigenvalue weighted by molar-refractivity contribution is -0.140. The Morgan fingerprint density at radius 3 is 2.95 bits per heavy atom. The molecule has 21 heavy (non-hydrogen) atoms. The molecule has 0 aliphatic heterocycles. The zero-order valence-electron chi connectivity index (χ0n) is 11.8. The molecule has 7 heteroatoms. The third-order valence-electron chi connectivity index (χ3n) is 3.46. The number of hydrogen-bond acceptors (Lipinski definition) is 5. The maximum absolute atomic E-state index is 12.0. The van der Waals surface area contributed by atoms with Gasteiger partial charge in [0, 0.05) is 17.5 Å². The minimum absolute atomic E-state index is 0.0977. The molecule has 1 amide bonds. The summed E-state index contributed by atoms with van der Waals surface area (Å²) in [6.07, 6.45) is 2.82.